The summed E-state index contributed by atoms with van der Waals surface area (Å²) >= 11 is 0. The number of likely N-dealkylation sites (tertiary alicyclic amines) is 1. The second kappa shape index (κ2) is 9.29. The minimum absolute atomic E-state index is 0.0376. The summed E-state index contributed by atoms with van der Waals surface area (Å²) in [5.74, 6) is -0.320. The van der Waals surface area contributed by atoms with Crippen molar-refractivity contribution in [1.29, 1.82) is 0 Å². The van der Waals surface area contributed by atoms with Crippen LogP contribution in [0.15, 0.2) is 47.3 Å². The van der Waals surface area contributed by atoms with Gasteiger partial charge >= 0.3 is 11.8 Å². The number of carbonyl (C=O) groups excluding carboxylic acids is 2. The molecule has 0 unspecified atom stereocenters. The minimum atomic E-state index is -0.634. The highest BCUT2D eigenvalue weighted by Crippen LogP contribution is 2.36. The molecule has 0 aliphatic carbocycles. The molecule has 2 aromatic carbocycles. The molecule has 1 saturated heterocycles. The van der Waals surface area contributed by atoms with Crippen LogP contribution in [-0.2, 0) is 4.74 Å². The third kappa shape index (κ3) is 4.80. The van der Waals surface area contributed by atoms with Gasteiger partial charge in [0.05, 0.1) is 32.9 Å². The fourth-order valence-corrected chi connectivity index (χ4v) is 4.59. The quantitative estimate of drug-likeness (QED) is 0.274. The first-order valence-corrected chi connectivity index (χ1v) is 12.1. The Morgan fingerprint density at radius 3 is 2.66 bits per heavy atom. The van der Waals surface area contributed by atoms with E-state index >= 15 is 0 Å². The lowest BCUT2D eigenvalue weighted by Crippen LogP contribution is -2.41. The Balaban J connectivity index is 1.44. The third-order valence-electron chi connectivity index (χ3n) is 6.23. The Bertz CT molecular complexity index is 1650. The molecule has 196 valence electrons. The highest BCUT2D eigenvalue weighted by Gasteiger charge is 2.31. The number of hydrogen-bond acceptors (Lipinski definition) is 7. The highest BCUT2D eigenvalue weighted by molar-refractivity contribution is 6.03. The molecular formula is C26H26N6O6. The minimum Gasteiger partial charge on any atom is -0.444 e. The van der Waals surface area contributed by atoms with Crippen molar-refractivity contribution in [2.24, 2.45) is 0 Å². The van der Waals surface area contributed by atoms with Crippen LogP contribution >= 0.6 is 0 Å². The number of nitro groups is 1. The van der Waals surface area contributed by atoms with Crippen molar-refractivity contribution in [3.8, 4) is 11.4 Å². The van der Waals surface area contributed by atoms with Crippen molar-refractivity contribution in [1.82, 2.24) is 25.2 Å². The standard InChI is InChI=1S/C26H26N6O6/c1-26(2,3)38-25(35)27-15-10-11-31(13-15)24(34)14-8-9-17-16(12-14)22(32(36)37)20(28-17)21-23(33)30-19-7-5-4-6-18(19)29-21/h4-9,12,15,28H,10-11,13H2,1-3H3,(H,27,35)(H,30,33)/t15-/m1/s1. The first-order chi connectivity index (χ1) is 18.0. The third-order valence-corrected chi connectivity index (χ3v) is 6.23. The summed E-state index contributed by atoms with van der Waals surface area (Å²) in [6.07, 6.45) is 0.00364. The molecule has 3 heterocycles. The molecule has 0 radical (unpaired) electrons. The predicted octanol–water partition coefficient (Wildman–Crippen LogP) is 3.72. The van der Waals surface area contributed by atoms with Gasteiger partial charge in [0.1, 0.15) is 11.3 Å². The van der Waals surface area contributed by atoms with Crippen LogP contribution in [0.3, 0.4) is 0 Å². The number of aromatic nitrogens is 3. The van der Waals surface area contributed by atoms with E-state index in [9.17, 15) is 24.5 Å². The van der Waals surface area contributed by atoms with E-state index in [2.05, 4.69) is 20.3 Å². The number of alkyl carbamates (subject to hydrolysis) is 1. The molecule has 0 spiro atoms. The molecule has 0 bridgehead atoms. The first kappa shape index (κ1) is 24.9. The summed E-state index contributed by atoms with van der Waals surface area (Å²) in [5.41, 5.74) is -0.0608. The SMILES string of the molecule is CC(C)(C)OC(=O)N[C@@H]1CCN(C(=O)c2ccc3[nH]c(-c4nc5ccccc5[nH]c4=O)c([N+](=O)[O-])c3c2)C1. The molecule has 4 aromatic rings. The van der Waals surface area contributed by atoms with Crippen LogP contribution in [0.1, 0.15) is 37.6 Å². The Labute approximate surface area is 216 Å². The number of nitrogens with zero attached hydrogens (tertiary/aromatic N) is 3. The van der Waals surface area contributed by atoms with E-state index in [0.717, 1.165) is 0 Å². The second-order valence-electron chi connectivity index (χ2n) is 10.2. The molecule has 3 N–H and O–H groups in total. The molecule has 0 saturated carbocycles. The van der Waals surface area contributed by atoms with Crippen molar-refractivity contribution in [2.45, 2.75) is 38.8 Å². The van der Waals surface area contributed by atoms with E-state index < -0.39 is 22.2 Å². The van der Waals surface area contributed by atoms with Crippen molar-refractivity contribution >= 4 is 39.6 Å². The van der Waals surface area contributed by atoms with Crippen molar-refractivity contribution in [3.63, 3.8) is 0 Å². The number of H-pyrrole nitrogens is 2. The number of hydrogen-bond donors (Lipinski definition) is 3. The lowest BCUT2D eigenvalue weighted by atomic mass is 10.1. The van der Waals surface area contributed by atoms with Gasteiger partial charge in [-0.1, -0.05) is 12.1 Å². The number of aromatic amines is 2. The normalized spacial score (nSPS) is 15.7. The topological polar surface area (TPSA) is 163 Å². The van der Waals surface area contributed by atoms with E-state index in [1.165, 1.54) is 6.07 Å². The van der Waals surface area contributed by atoms with Crippen molar-refractivity contribution < 1.29 is 19.2 Å². The second-order valence-corrected chi connectivity index (χ2v) is 10.2. The summed E-state index contributed by atoms with van der Waals surface area (Å²) in [7, 11) is 0. The van der Waals surface area contributed by atoms with E-state index in [-0.39, 0.29) is 46.5 Å². The molecule has 1 aliphatic heterocycles. The fourth-order valence-electron chi connectivity index (χ4n) is 4.59. The lowest BCUT2D eigenvalue weighted by Gasteiger charge is -2.22. The average Bonchev–Trinajstić information content (AvgIpc) is 3.46. The maximum absolute atomic E-state index is 13.2. The average molecular weight is 519 g/mol. The molecule has 1 atom stereocenters. The lowest BCUT2D eigenvalue weighted by molar-refractivity contribution is -0.382. The molecule has 12 heteroatoms. The molecule has 1 aliphatic rings. The number of benzene rings is 2. The van der Waals surface area contributed by atoms with Crippen LogP contribution in [0.2, 0.25) is 0 Å². The van der Waals surface area contributed by atoms with Gasteiger partial charge in [0, 0.05) is 18.7 Å². The predicted molar refractivity (Wildman–Crippen MR) is 140 cm³/mol. The van der Waals surface area contributed by atoms with Crippen LogP contribution in [-0.4, -0.2) is 61.5 Å². The van der Waals surface area contributed by atoms with Crippen molar-refractivity contribution in [2.75, 3.05) is 13.1 Å². The van der Waals surface area contributed by atoms with Gasteiger partial charge in [-0.15, -0.1) is 0 Å². The van der Waals surface area contributed by atoms with Gasteiger partial charge < -0.3 is 24.9 Å². The van der Waals surface area contributed by atoms with Gasteiger partial charge in [0.25, 0.3) is 11.5 Å². The molecule has 38 heavy (non-hydrogen) atoms. The zero-order valence-corrected chi connectivity index (χ0v) is 21.0. The van der Waals surface area contributed by atoms with Crippen molar-refractivity contribution in [3.05, 3.63) is 68.5 Å². The summed E-state index contributed by atoms with van der Waals surface area (Å²) < 4.78 is 5.28. The monoisotopic (exact) mass is 518 g/mol. The zero-order valence-electron chi connectivity index (χ0n) is 21.0. The maximum Gasteiger partial charge on any atom is 0.407 e. The van der Waals surface area contributed by atoms with Gasteiger partial charge in [-0.3, -0.25) is 19.7 Å². The Morgan fingerprint density at radius 1 is 1.16 bits per heavy atom. The largest absolute Gasteiger partial charge is 0.444 e. The zero-order chi connectivity index (χ0) is 27.2. The Morgan fingerprint density at radius 2 is 1.92 bits per heavy atom. The van der Waals surface area contributed by atoms with E-state index in [4.69, 9.17) is 4.74 Å². The Hall–Kier alpha value is -4.74. The van der Waals surface area contributed by atoms with Gasteiger partial charge in [-0.05, 0) is 57.5 Å². The molecule has 2 aromatic heterocycles. The summed E-state index contributed by atoms with van der Waals surface area (Å²) in [6.45, 7) is 6.00. The number of amides is 2. The van der Waals surface area contributed by atoms with E-state index in [1.807, 2.05) is 0 Å². The molecule has 2 amide bonds. The summed E-state index contributed by atoms with van der Waals surface area (Å²) in [4.78, 5) is 61.2. The Kier molecular flexibility index (Phi) is 6.09. The first-order valence-electron chi connectivity index (χ1n) is 12.1. The van der Waals surface area contributed by atoms with Gasteiger partial charge in [-0.25, -0.2) is 9.78 Å². The van der Waals surface area contributed by atoms with Gasteiger partial charge in [-0.2, -0.15) is 0 Å². The molecular weight excluding hydrogens is 492 g/mol. The van der Waals surface area contributed by atoms with Crippen LogP contribution in [0.5, 0.6) is 0 Å². The molecule has 5 rings (SSSR count). The number of carbonyl (C=O) groups is 2. The highest BCUT2D eigenvalue weighted by atomic mass is 16.6. The number of fused-ring (bicyclic) bond motifs is 2. The summed E-state index contributed by atoms with van der Waals surface area (Å²) in [6, 6.07) is 11.2. The van der Waals surface area contributed by atoms with Crippen LogP contribution in [0, 0.1) is 10.1 Å². The van der Waals surface area contributed by atoms with Crippen LogP contribution < -0.4 is 10.9 Å². The number of rotatable bonds is 4. The number of nitrogens with one attached hydrogen (secondary N) is 3. The number of ether oxygens (including phenoxy) is 1. The maximum atomic E-state index is 13.2. The van der Waals surface area contributed by atoms with Gasteiger partial charge in [0.2, 0.25) is 0 Å². The van der Waals surface area contributed by atoms with Crippen LogP contribution in [0.4, 0.5) is 10.5 Å². The smallest absolute Gasteiger partial charge is 0.407 e. The van der Waals surface area contributed by atoms with Crippen LogP contribution in [0.25, 0.3) is 33.3 Å². The molecule has 1 fully saturated rings. The fraction of sp³-hybridized carbons (Fsp3) is 0.308. The number of para-hydroxylation sites is 2. The molecule has 12 nitrogen and oxygen atoms in total. The van der Waals surface area contributed by atoms with Gasteiger partial charge in [0.15, 0.2) is 5.69 Å². The summed E-state index contributed by atoms with van der Waals surface area (Å²) in [5, 5.41) is 15.1. The van der Waals surface area contributed by atoms with E-state index in [1.54, 1.807) is 62.1 Å². The van der Waals surface area contributed by atoms with E-state index in [0.29, 0.717) is 29.5 Å².